The lowest BCUT2D eigenvalue weighted by Gasteiger charge is -2.32. The molecule has 100 valence electrons. The zero-order chi connectivity index (χ0) is 12.1. The molecule has 1 aliphatic heterocycles. The quantitative estimate of drug-likeness (QED) is 0.810. The van der Waals surface area contributed by atoms with Crippen LogP contribution in [0, 0.1) is 17.8 Å². The van der Waals surface area contributed by atoms with Crippen LogP contribution in [0.3, 0.4) is 0 Å². The van der Waals surface area contributed by atoms with Crippen LogP contribution >= 0.6 is 0 Å². The number of rotatable bonds is 4. The van der Waals surface area contributed by atoms with E-state index in [1.54, 1.807) is 0 Å². The summed E-state index contributed by atoms with van der Waals surface area (Å²) in [6.07, 6.45) is 8.63. The second-order valence-corrected chi connectivity index (χ2v) is 6.54. The zero-order valence-electron chi connectivity index (χ0n) is 11.8. The Kier molecular flexibility index (Phi) is 5.30. The van der Waals surface area contributed by atoms with Crippen molar-refractivity contribution in [3.05, 3.63) is 0 Å². The summed E-state index contributed by atoms with van der Waals surface area (Å²) in [5, 5.41) is 3.46. The maximum atomic E-state index is 3.46. The van der Waals surface area contributed by atoms with Gasteiger partial charge in [0.1, 0.15) is 0 Å². The third-order valence-corrected chi connectivity index (χ3v) is 4.73. The Hall–Kier alpha value is -0.0800. The largest absolute Gasteiger partial charge is 0.317 e. The van der Waals surface area contributed by atoms with Gasteiger partial charge in [0, 0.05) is 13.1 Å². The van der Waals surface area contributed by atoms with Crippen molar-refractivity contribution in [1.29, 1.82) is 0 Å². The highest BCUT2D eigenvalue weighted by atomic mass is 15.1. The van der Waals surface area contributed by atoms with Gasteiger partial charge in [0.05, 0.1) is 0 Å². The first-order valence-electron chi connectivity index (χ1n) is 7.63. The van der Waals surface area contributed by atoms with Crippen LogP contribution < -0.4 is 5.32 Å². The Balaban J connectivity index is 1.64. The summed E-state index contributed by atoms with van der Waals surface area (Å²) in [7, 11) is 2.33. The molecule has 2 fully saturated rings. The molecule has 1 heterocycles. The van der Waals surface area contributed by atoms with Crippen molar-refractivity contribution in [2.24, 2.45) is 17.8 Å². The molecule has 2 heteroatoms. The van der Waals surface area contributed by atoms with E-state index in [-0.39, 0.29) is 0 Å². The fourth-order valence-electron chi connectivity index (χ4n) is 3.53. The van der Waals surface area contributed by atoms with E-state index < -0.39 is 0 Å². The Bertz CT molecular complexity index is 203. The van der Waals surface area contributed by atoms with Gasteiger partial charge in [0.2, 0.25) is 0 Å². The fourth-order valence-corrected chi connectivity index (χ4v) is 3.53. The highest BCUT2D eigenvalue weighted by Crippen LogP contribution is 2.28. The summed E-state index contributed by atoms with van der Waals surface area (Å²) >= 11 is 0. The van der Waals surface area contributed by atoms with Gasteiger partial charge < -0.3 is 10.2 Å². The van der Waals surface area contributed by atoms with Crippen molar-refractivity contribution in [3.63, 3.8) is 0 Å². The first-order valence-corrected chi connectivity index (χ1v) is 7.63. The molecule has 0 aromatic heterocycles. The molecule has 0 aromatic carbocycles. The lowest BCUT2D eigenvalue weighted by atomic mass is 9.82. The minimum Gasteiger partial charge on any atom is -0.317 e. The molecule has 2 nitrogen and oxygen atoms in total. The third kappa shape index (κ3) is 4.59. The summed E-state index contributed by atoms with van der Waals surface area (Å²) in [4.78, 5) is 2.61. The monoisotopic (exact) mass is 238 g/mol. The number of hydrogen-bond acceptors (Lipinski definition) is 2. The molecular weight excluding hydrogens is 208 g/mol. The second-order valence-electron chi connectivity index (χ2n) is 6.54. The van der Waals surface area contributed by atoms with Gasteiger partial charge in [-0.25, -0.2) is 0 Å². The molecule has 0 aromatic rings. The molecule has 0 spiro atoms. The second kappa shape index (κ2) is 6.75. The van der Waals surface area contributed by atoms with Crippen molar-refractivity contribution >= 4 is 0 Å². The van der Waals surface area contributed by atoms with Crippen LogP contribution in [0.4, 0.5) is 0 Å². The molecular formula is C15H30N2. The van der Waals surface area contributed by atoms with Crippen LogP contribution in [0.1, 0.15) is 45.4 Å². The predicted molar refractivity (Wildman–Crippen MR) is 74.2 cm³/mol. The SMILES string of the molecule is CC1CCC(CN(C)CC2CCNCC2)CC1. The number of piperidine rings is 1. The van der Waals surface area contributed by atoms with Crippen LogP contribution in [0.5, 0.6) is 0 Å². The Morgan fingerprint density at radius 2 is 1.41 bits per heavy atom. The van der Waals surface area contributed by atoms with E-state index >= 15 is 0 Å². The Labute approximate surface area is 107 Å². The van der Waals surface area contributed by atoms with Crippen LogP contribution in [0.2, 0.25) is 0 Å². The van der Waals surface area contributed by atoms with Crippen molar-refractivity contribution < 1.29 is 0 Å². The van der Waals surface area contributed by atoms with Gasteiger partial charge in [-0.1, -0.05) is 19.8 Å². The van der Waals surface area contributed by atoms with E-state index in [4.69, 9.17) is 0 Å². The fraction of sp³-hybridized carbons (Fsp3) is 1.00. The molecule has 2 rings (SSSR count). The van der Waals surface area contributed by atoms with Gasteiger partial charge in [0.25, 0.3) is 0 Å². The molecule has 0 amide bonds. The van der Waals surface area contributed by atoms with Crippen molar-refractivity contribution in [2.75, 3.05) is 33.2 Å². The first-order chi connectivity index (χ1) is 8.24. The van der Waals surface area contributed by atoms with Crippen LogP contribution in [0.15, 0.2) is 0 Å². The topological polar surface area (TPSA) is 15.3 Å². The summed E-state index contributed by atoms with van der Waals surface area (Å²) in [6, 6.07) is 0. The average molecular weight is 238 g/mol. The number of nitrogens with one attached hydrogen (secondary N) is 1. The van der Waals surface area contributed by atoms with Crippen LogP contribution in [-0.2, 0) is 0 Å². The Morgan fingerprint density at radius 3 is 2.00 bits per heavy atom. The highest BCUT2D eigenvalue weighted by molar-refractivity contribution is 4.75. The normalized spacial score (nSPS) is 31.9. The number of hydrogen-bond donors (Lipinski definition) is 1. The minimum absolute atomic E-state index is 0.948. The molecule has 2 aliphatic rings. The van der Waals surface area contributed by atoms with Gasteiger partial charge in [-0.2, -0.15) is 0 Å². The molecule has 1 aliphatic carbocycles. The maximum absolute atomic E-state index is 3.46. The third-order valence-electron chi connectivity index (χ3n) is 4.73. The van der Waals surface area contributed by atoms with E-state index in [1.165, 1.54) is 64.7 Å². The average Bonchev–Trinajstić information content (AvgIpc) is 2.33. The summed E-state index contributed by atoms with van der Waals surface area (Å²) < 4.78 is 0. The van der Waals surface area contributed by atoms with Gasteiger partial charge in [-0.3, -0.25) is 0 Å². The molecule has 0 radical (unpaired) electrons. The van der Waals surface area contributed by atoms with Crippen LogP contribution in [-0.4, -0.2) is 38.1 Å². The maximum Gasteiger partial charge on any atom is 0.000767 e. The van der Waals surface area contributed by atoms with E-state index in [2.05, 4.69) is 24.2 Å². The standard InChI is InChI=1S/C15H30N2/c1-13-3-5-14(6-4-13)11-17(2)12-15-7-9-16-10-8-15/h13-16H,3-12H2,1-2H3. The minimum atomic E-state index is 0.948. The Morgan fingerprint density at radius 1 is 0.882 bits per heavy atom. The van der Waals surface area contributed by atoms with Crippen LogP contribution in [0.25, 0.3) is 0 Å². The molecule has 0 unspecified atom stereocenters. The van der Waals surface area contributed by atoms with Gasteiger partial charge in [-0.15, -0.1) is 0 Å². The summed E-state index contributed by atoms with van der Waals surface area (Å²) in [5.74, 6) is 2.92. The smallest absolute Gasteiger partial charge is 0.000767 e. The predicted octanol–water partition coefficient (Wildman–Crippen LogP) is 2.74. The molecule has 1 N–H and O–H groups in total. The van der Waals surface area contributed by atoms with Crippen molar-refractivity contribution in [3.8, 4) is 0 Å². The van der Waals surface area contributed by atoms with Crippen molar-refractivity contribution in [1.82, 2.24) is 10.2 Å². The van der Waals surface area contributed by atoms with E-state index in [0.717, 1.165) is 17.8 Å². The molecule has 0 atom stereocenters. The van der Waals surface area contributed by atoms with Gasteiger partial charge >= 0.3 is 0 Å². The molecule has 1 saturated carbocycles. The summed E-state index contributed by atoms with van der Waals surface area (Å²) in [6.45, 7) is 7.55. The van der Waals surface area contributed by atoms with E-state index in [9.17, 15) is 0 Å². The van der Waals surface area contributed by atoms with Gasteiger partial charge in [0.15, 0.2) is 0 Å². The first kappa shape index (κ1) is 13.4. The van der Waals surface area contributed by atoms with Gasteiger partial charge in [-0.05, 0) is 63.6 Å². The van der Waals surface area contributed by atoms with E-state index in [0.29, 0.717) is 0 Å². The number of nitrogens with zero attached hydrogens (tertiary/aromatic N) is 1. The highest BCUT2D eigenvalue weighted by Gasteiger charge is 2.21. The molecule has 0 bridgehead atoms. The lowest BCUT2D eigenvalue weighted by molar-refractivity contribution is 0.179. The molecule has 17 heavy (non-hydrogen) atoms. The molecule has 1 saturated heterocycles. The zero-order valence-corrected chi connectivity index (χ0v) is 11.8. The van der Waals surface area contributed by atoms with E-state index in [1.807, 2.05) is 0 Å². The summed E-state index contributed by atoms with van der Waals surface area (Å²) in [5.41, 5.74) is 0. The van der Waals surface area contributed by atoms with Crippen molar-refractivity contribution in [2.45, 2.75) is 45.4 Å². The lowest BCUT2D eigenvalue weighted by Crippen LogP contribution is -2.36.